The Morgan fingerprint density at radius 1 is 0.740 bits per heavy atom. The van der Waals surface area contributed by atoms with Crippen LogP contribution in [-0.4, -0.2) is 91.2 Å². The Morgan fingerprint density at radius 2 is 1.24 bits per heavy atom. The van der Waals surface area contributed by atoms with E-state index in [9.17, 15) is 45.3 Å². The third-order valence-electron chi connectivity index (χ3n) is 4.18. The molecule has 0 unspecified atom stereocenters. The molecule has 0 saturated carbocycles. The molecule has 0 aliphatic rings. The summed E-state index contributed by atoms with van der Waals surface area (Å²) in [7, 11) is 4.17. The smallest absolute Gasteiger partial charge is 0.390 e. The number of ether oxygens (including phenoxy) is 1. The van der Waals surface area contributed by atoms with Gasteiger partial charge in [-0.2, -0.15) is 33.4 Å². The zero-order valence-corrected chi connectivity index (χ0v) is 25.4. The first-order valence-electron chi connectivity index (χ1n) is 11.6. The molecule has 0 atom stereocenters. The first kappa shape index (κ1) is 48.9. The molecule has 0 bridgehead atoms. The number of aromatic nitrogens is 8. The topological polar surface area (TPSA) is 394 Å². The van der Waals surface area contributed by atoms with Gasteiger partial charge in [0.05, 0.1) is 61.1 Å². The summed E-state index contributed by atoms with van der Waals surface area (Å²) in [6.45, 7) is 3.40. The van der Waals surface area contributed by atoms with E-state index in [1.807, 2.05) is 0 Å². The maximum atomic E-state index is 11.0. The van der Waals surface area contributed by atoms with Gasteiger partial charge >= 0.3 is 47.7 Å². The van der Waals surface area contributed by atoms with Crippen LogP contribution >= 0.6 is 0 Å². The Balaban J connectivity index is -0.000000262. The van der Waals surface area contributed by atoms with Crippen molar-refractivity contribution in [3.05, 3.63) is 88.0 Å². The average Bonchev–Trinajstić information content (AvgIpc) is 3.83. The molecule has 0 amide bonds. The number of nitrogens with zero attached hydrogens (tertiary/aromatic N) is 10. The number of carbonyl (C=O) groups is 1. The molecule has 0 fully saturated rings. The van der Waals surface area contributed by atoms with E-state index in [2.05, 4.69) is 35.3 Å². The monoisotopic (exact) mass is 714 g/mol. The second kappa shape index (κ2) is 27.4. The minimum Gasteiger partial charge on any atom is -0.464 e. The molecule has 0 aliphatic carbocycles. The molecule has 0 aromatic carbocycles. The van der Waals surface area contributed by atoms with Crippen LogP contribution in [0.5, 0.6) is 0 Å². The summed E-state index contributed by atoms with van der Waals surface area (Å²) in [6, 6.07) is 5.16. The SMILES string of the molecule is C.COC(=O)c1cc([N+](=O)[O-])nn1C.Cc1cc([N+](=O)[O-])[nH]n1.Cc1cc([N+](=O)[O-])n(C)n1.O=C=O.O=C=O.O=C=O.O=[N+]([O-])c1ccn[nH]1. The first-order valence-corrected chi connectivity index (χ1v) is 11.6. The van der Waals surface area contributed by atoms with Gasteiger partial charge in [-0.15, -0.1) is 14.9 Å². The van der Waals surface area contributed by atoms with Gasteiger partial charge in [-0.3, -0.25) is 0 Å². The third kappa shape index (κ3) is 20.9. The normalized spacial score (nSPS) is 8.10. The number of H-pyrrole nitrogens is 2. The molecule has 0 spiro atoms. The number of esters is 1. The van der Waals surface area contributed by atoms with Crippen LogP contribution in [0, 0.1) is 54.3 Å². The predicted octanol–water partition coefficient (Wildman–Crippen LogP) is 0.581. The van der Waals surface area contributed by atoms with Gasteiger partial charge in [-0.1, -0.05) is 22.7 Å². The van der Waals surface area contributed by atoms with Crippen LogP contribution < -0.4 is 0 Å². The number of nitrogens with one attached hydrogen (secondary N) is 2. The lowest BCUT2D eigenvalue weighted by molar-refractivity contribution is -0.392. The highest BCUT2D eigenvalue weighted by Crippen LogP contribution is 2.11. The molecule has 270 valence electrons. The van der Waals surface area contributed by atoms with Crippen LogP contribution in [0.3, 0.4) is 0 Å². The van der Waals surface area contributed by atoms with E-state index in [-0.39, 0.29) is 54.8 Å². The molecule has 2 N–H and O–H groups in total. The van der Waals surface area contributed by atoms with Crippen LogP contribution in [0.1, 0.15) is 29.3 Å². The highest BCUT2D eigenvalue weighted by atomic mass is 16.6. The summed E-state index contributed by atoms with van der Waals surface area (Å²) >= 11 is 0. The lowest BCUT2D eigenvalue weighted by atomic mass is 10.4. The zero-order chi connectivity index (χ0) is 38.7. The van der Waals surface area contributed by atoms with E-state index in [4.69, 9.17) is 28.8 Å². The zero-order valence-electron chi connectivity index (χ0n) is 25.4. The van der Waals surface area contributed by atoms with Gasteiger partial charge in [0.1, 0.15) is 7.05 Å². The molecule has 28 nitrogen and oxygen atoms in total. The van der Waals surface area contributed by atoms with Crippen molar-refractivity contribution in [1.29, 1.82) is 0 Å². The minimum absolute atomic E-state index is 0. The Morgan fingerprint density at radius 3 is 1.46 bits per heavy atom. The molecule has 28 heteroatoms. The predicted molar refractivity (Wildman–Crippen MR) is 153 cm³/mol. The van der Waals surface area contributed by atoms with Crippen molar-refractivity contribution in [3.63, 3.8) is 0 Å². The van der Waals surface area contributed by atoms with Gasteiger partial charge in [0.15, 0.2) is 5.69 Å². The number of carbonyl (C=O) groups excluding carboxylic acids is 7. The second-order valence-electron chi connectivity index (χ2n) is 7.39. The maximum Gasteiger partial charge on any atom is 0.390 e. The summed E-state index contributed by atoms with van der Waals surface area (Å²) in [4.78, 5) is 97.7. The average molecular weight is 715 g/mol. The van der Waals surface area contributed by atoms with Crippen molar-refractivity contribution >= 4 is 47.7 Å². The number of methoxy groups -OCH3 is 1. The number of rotatable bonds is 5. The van der Waals surface area contributed by atoms with Crippen molar-refractivity contribution in [2.24, 2.45) is 14.1 Å². The Bertz CT molecular complexity index is 1730. The summed E-state index contributed by atoms with van der Waals surface area (Å²) in [5, 5.41) is 58.9. The third-order valence-corrected chi connectivity index (χ3v) is 4.18. The quantitative estimate of drug-likeness (QED) is 0.162. The van der Waals surface area contributed by atoms with Crippen LogP contribution in [0.2, 0.25) is 0 Å². The molecule has 0 radical (unpaired) electrons. The van der Waals surface area contributed by atoms with Crippen molar-refractivity contribution < 1.29 is 58.0 Å². The van der Waals surface area contributed by atoms with Crippen molar-refractivity contribution in [3.8, 4) is 0 Å². The number of hydrogen-bond acceptors (Lipinski definition) is 20. The van der Waals surface area contributed by atoms with Gasteiger partial charge in [-0.05, 0) is 33.5 Å². The highest BCUT2D eigenvalue weighted by molar-refractivity contribution is 5.88. The van der Waals surface area contributed by atoms with Gasteiger partial charge in [-0.25, -0.2) is 4.79 Å². The number of hydrogen-bond donors (Lipinski definition) is 2. The number of aromatic amines is 2. The summed E-state index contributed by atoms with van der Waals surface area (Å²) in [5.74, 6) is -1.14. The Labute approximate surface area is 276 Å². The highest BCUT2D eigenvalue weighted by Gasteiger charge is 2.21. The fourth-order valence-electron chi connectivity index (χ4n) is 2.46. The number of nitro groups is 4. The van der Waals surface area contributed by atoms with E-state index in [1.165, 1.54) is 43.2 Å². The minimum atomic E-state index is -0.674. The second-order valence-corrected chi connectivity index (χ2v) is 7.39. The van der Waals surface area contributed by atoms with Crippen molar-refractivity contribution in [2.45, 2.75) is 21.3 Å². The van der Waals surface area contributed by atoms with E-state index in [0.29, 0.717) is 11.4 Å². The van der Waals surface area contributed by atoms with Crippen LogP contribution in [-0.2, 0) is 47.6 Å². The Kier molecular flexibility index (Phi) is 26.8. The summed E-state index contributed by atoms with van der Waals surface area (Å²) in [5.41, 5.74) is 1.34. The lowest BCUT2D eigenvalue weighted by Gasteiger charge is -1.93. The van der Waals surface area contributed by atoms with Gasteiger partial charge in [0.25, 0.3) is 0 Å². The van der Waals surface area contributed by atoms with Crippen molar-refractivity contribution in [2.75, 3.05) is 7.11 Å². The van der Waals surface area contributed by atoms with E-state index in [0.717, 1.165) is 10.7 Å². The molecular formula is C22H26N12O16. The van der Waals surface area contributed by atoms with E-state index >= 15 is 0 Å². The summed E-state index contributed by atoms with van der Waals surface area (Å²) < 4.78 is 6.73. The standard InChI is InChI=1S/C6H7N3O4.C5H7N3O2.C4H5N3O2.C3H3N3O2.3CO2.CH4/c1-8-4(6(10)13-2)3-5(7-8)9(11)12;1-4-3-5(8(9)10)7(2)6-4;1-3-2-4(6-5-3)7(8)9;7-6(8)3-1-2-4-5-3;3*2-1-3;/h3H,1-2H3;3H,1-2H3;2H,1H3,(H,5,6);1-2H,(H,4,5);;;;1H4. The molecular weight excluding hydrogens is 688 g/mol. The maximum absolute atomic E-state index is 11.0. The van der Waals surface area contributed by atoms with Crippen LogP contribution in [0.4, 0.5) is 23.3 Å². The molecule has 50 heavy (non-hydrogen) atoms. The molecule has 4 rings (SSSR count). The molecule has 4 heterocycles. The largest absolute Gasteiger partial charge is 0.464 e. The summed E-state index contributed by atoms with van der Waals surface area (Å²) in [6.07, 6.45) is 2.08. The first-order chi connectivity index (χ1) is 22.9. The molecule has 4 aromatic rings. The lowest BCUT2D eigenvalue weighted by Crippen LogP contribution is -2.07. The van der Waals surface area contributed by atoms with Gasteiger partial charge < -0.3 is 45.2 Å². The van der Waals surface area contributed by atoms with Gasteiger partial charge in [0.2, 0.25) is 0 Å². The Hall–Kier alpha value is -7.95. The van der Waals surface area contributed by atoms with Crippen LogP contribution in [0.25, 0.3) is 0 Å². The fourth-order valence-corrected chi connectivity index (χ4v) is 2.46. The van der Waals surface area contributed by atoms with Crippen molar-refractivity contribution in [1.82, 2.24) is 40.0 Å². The number of aryl methyl sites for hydroxylation is 4. The van der Waals surface area contributed by atoms with Crippen LogP contribution in [0.15, 0.2) is 30.5 Å². The fraction of sp³-hybridized carbons (Fsp3) is 0.273. The molecule has 0 aliphatic heterocycles. The molecule has 0 saturated heterocycles. The van der Waals surface area contributed by atoms with E-state index in [1.54, 1.807) is 20.9 Å². The molecule has 4 aromatic heterocycles. The van der Waals surface area contributed by atoms with E-state index < -0.39 is 25.7 Å². The van der Waals surface area contributed by atoms with Gasteiger partial charge in [0, 0.05) is 0 Å².